The van der Waals surface area contributed by atoms with Gasteiger partial charge in [-0.1, -0.05) is 39.0 Å². The van der Waals surface area contributed by atoms with E-state index >= 15 is 0 Å². The summed E-state index contributed by atoms with van der Waals surface area (Å²) >= 11 is 0. The Morgan fingerprint density at radius 2 is 1.08 bits per heavy atom. The largest absolute Gasteiger partial charge is 0.463 e. The molecule has 0 unspecified atom stereocenters. The molecule has 3 aliphatic heterocycles. The summed E-state index contributed by atoms with van der Waals surface area (Å²) in [7, 11) is 0. The number of unbranched alkanes of at least 4 members (excludes halogenated alkanes) is 5. The molecule has 0 amide bonds. The average Bonchev–Trinajstić information content (AvgIpc) is 3.33. The van der Waals surface area contributed by atoms with E-state index < -0.39 is 97.0 Å². The van der Waals surface area contributed by atoms with Crippen LogP contribution < -0.4 is 0 Å². The van der Waals surface area contributed by atoms with Crippen LogP contribution in [-0.4, -0.2) is 117 Å². The predicted molar refractivity (Wildman–Crippen MR) is 165 cm³/mol. The van der Waals surface area contributed by atoms with Crippen LogP contribution in [0.1, 0.15) is 93.9 Å². The molecule has 3 fully saturated rings. The molecular weight excluding hydrogens is 652 g/mol. The van der Waals surface area contributed by atoms with Crippen molar-refractivity contribution in [3.63, 3.8) is 0 Å². The van der Waals surface area contributed by atoms with Crippen LogP contribution >= 0.6 is 0 Å². The van der Waals surface area contributed by atoms with Gasteiger partial charge < -0.3 is 52.1 Å². The number of carbonyl (C=O) groups is 5. The second-order valence-electron chi connectivity index (χ2n) is 12.7. The van der Waals surface area contributed by atoms with Crippen LogP contribution in [0.2, 0.25) is 0 Å². The van der Waals surface area contributed by atoms with Crippen LogP contribution in [0.25, 0.3) is 0 Å². The fraction of sp³-hybridized carbons (Fsp3) is 0.848. The first-order chi connectivity index (χ1) is 23.1. The van der Waals surface area contributed by atoms with E-state index in [0.29, 0.717) is 6.42 Å². The van der Waals surface area contributed by atoms with Crippen LogP contribution in [0.4, 0.5) is 0 Å². The van der Waals surface area contributed by atoms with E-state index in [4.69, 9.17) is 52.1 Å². The monoisotopic (exact) mass is 704 g/mol. The molecule has 3 aliphatic rings. The summed E-state index contributed by atoms with van der Waals surface area (Å²) in [5, 5.41) is 0. The van der Waals surface area contributed by atoms with Crippen LogP contribution in [0.15, 0.2) is 0 Å². The van der Waals surface area contributed by atoms with Crippen LogP contribution in [-0.2, 0) is 76.1 Å². The van der Waals surface area contributed by atoms with Crippen molar-refractivity contribution in [3.05, 3.63) is 0 Å². The molecule has 16 nitrogen and oxygen atoms in total. The molecule has 3 heterocycles. The van der Waals surface area contributed by atoms with Gasteiger partial charge in [-0.25, -0.2) is 0 Å². The van der Waals surface area contributed by atoms with E-state index in [2.05, 4.69) is 6.92 Å². The van der Waals surface area contributed by atoms with Gasteiger partial charge in [0.15, 0.2) is 36.7 Å². The van der Waals surface area contributed by atoms with Gasteiger partial charge >= 0.3 is 29.8 Å². The molecule has 16 heteroatoms. The minimum Gasteiger partial charge on any atom is -0.463 e. The van der Waals surface area contributed by atoms with Crippen molar-refractivity contribution in [1.82, 2.24) is 0 Å². The summed E-state index contributed by atoms with van der Waals surface area (Å²) in [5.41, 5.74) is 0. The van der Waals surface area contributed by atoms with Crippen molar-refractivity contribution in [2.75, 3.05) is 19.8 Å². The second kappa shape index (κ2) is 18.9. The summed E-state index contributed by atoms with van der Waals surface area (Å²) in [5.74, 6) is -4.51. The molecule has 10 atom stereocenters. The van der Waals surface area contributed by atoms with Gasteiger partial charge in [-0.3, -0.25) is 24.0 Å². The number of ether oxygens (including phenoxy) is 11. The van der Waals surface area contributed by atoms with Gasteiger partial charge in [0.25, 0.3) is 0 Å². The van der Waals surface area contributed by atoms with Gasteiger partial charge in [0.2, 0.25) is 0 Å². The Morgan fingerprint density at radius 1 is 0.571 bits per heavy atom. The Labute approximate surface area is 286 Å². The van der Waals surface area contributed by atoms with Crippen molar-refractivity contribution in [1.29, 1.82) is 0 Å². The van der Waals surface area contributed by atoms with Gasteiger partial charge in [0, 0.05) is 41.2 Å². The van der Waals surface area contributed by atoms with Crippen molar-refractivity contribution in [2.24, 2.45) is 0 Å². The number of carbonyl (C=O) groups excluding carboxylic acids is 5. The lowest BCUT2D eigenvalue weighted by molar-refractivity contribution is -0.355. The Morgan fingerprint density at radius 3 is 1.67 bits per heavy atom. The third-order valence-corrected chi connectivity index (χ3v) is 7.90. The highest BCUT2D eigenvalue weighted by Gasteiger charge is 2.60. The highest BCUT2D eigenvalue weighted by Crippen LogP contribution is 2.41. The van der Waals surface area contributed by atoms with Gasteiger partial charge in [0.05, 0.1) is 0 Å². The van der Waals surface area contributed by atoms with E-state index in [1.165, 1.54) is 27.7 Å². The maximum atomic E-state index is 12.5. The molecule has 0 aromatic rings. The number of fused-ring (bicyclic) bond motifs is 1. The fourth-order valence-electron chi connectivity index (χ4n) is 5.99. The molecule has 3 saturated heterocycles. The summed E-state index contributed by atoms with van der Waals surface area (Å²) in [6.45, 7) is 11.0. The average molecular weight is 705 g/mol. The molecule has 0 N–H and O–H groups in total. The van der Waals surface area contributed by atoms with E-state index in [1.807, 2.05) is 0 Å². The highest BCUT2D eigenvalue weighted by atomic mass is 16.8. The molecule has 0 aliphatic carbocycles. The minimum atomic E-state index is -1.46. The molecular formula is C33H52O16. The van der Waals surface area contributed by atoms with Crippen LogP contribution in [0.3, 0.4) is 0 Å². The molecule has 0 aromatic carbocycles. The Kier molecular flexibility index (Phi) is 15.7. The number of esters is 5. The summed E-state index contributed by atoms with van der Waals surface area (Å²) < 4.78 is 64.6. The third-order valence-electron chi connectivity index (χ3n) is 7.90. The lowest BCUT2D eigenvalue weighted by Gasteiger charge is -2.47. The SMILES string of the molecule is CCCCCCCCO[C@@H]1O[C@H](COC(C)=O)[C@@H](O[C@@H]2O[C@H](COC(C)=O)[C@@H]3OC(C)(C)O[C@@H]3[C@H]2OC(C)=O)[C@H](OC(C)=O)[C@H]1OC(C)=O. The number of hydrogen-bond donors (Lipinski definition) is 0. The van der Waals surface area contributed by atoms with Gasteiger partial charge in [-0.05, 0) is 20.3 Å². The first-order valence-corrected chi connectivity index (χ1v) is 16.8. The van der Waals surface area contributed by atoms with E-state index in [-0.39, 0.29) is 19.8 Å². The molecule has 280 valence electrons. The topological polar surface area (TPSA) is 187 Å². The molecule has 0 radical (unpaired) electrons. The lowest BCUT2D eigenvalue weighted by atomic mass is 9.96. The zero-order valence-corrected chi connectivity index (χ0v) is 29.7. The molecule has 0 saturated carbocycles. The zero-order chi connectivity index (χ0) is 36.3. The maximum Gasteiger partial charge on any atom is 0.303 e. The van der Waals surface area contributed by atoms with Gasteiger partial charge in [-0.15, -0.1) is 0 Å². The summed E-state index contributed by atoms with van der Waals surface area (Å²) in [6.07, 6.45) is -6.01. The Bertz CT molecular complexity index is 1130. The molecule has 0 aromatic heterocycles. The Balaban J connectivity index is 1.98. The van der Waals surface area contributed by atoms with E-state index in [0.717, 1.165) is 39.0 Å². The predicted octanol–water partition coefficient (Wildman–Crippen LogP) is 2.64. The summed E-state index contributed by atoms with van der Waals surface area (Å²) in [4.78, 5) is 60.8. The Hall–Kier alpha value is -2.89. The zero-order valence-electron chi connectivity index (χ0n) is 29.7. The first-order valence-electron chi connectivity index (χ1n) is 16.8. The van der Waals surface area contributed by atoms with Crippen molar-refractivity contribution in [3.8, 4) is 0 Å². The van der Waals surface area contributed by atoms with Crippen LogP contribution in [0.5, 0.6) is 0 Å². The molecule has 49 heavy (non-hydrogen) atoms. The smallest absolute Gasteiger partial charge is 0.303 e. The van der Waals surface area contributed by atoms with Crippen molar-refractivity contribution in [2.45, 2.75) is 161 Å². The minimum absolute atomic E-state index is 0.238. The number of hydrogen-bond acceptors (Lipinski definition) is 16. The van der Waals surface area contributed by atoms with Gasteiger partial charge in [-0.2, -0.15) is 0 Å². The maximum absolute atomic E-state index is 12.5. The van der Waals surface area contributed by atoms with E-state index in [9.17, 15) is 24.0 Å². The first kappa shape index (κ1) is 40.5. The van der Waals surface area contributed by atoms with Crippen molar-refractivity contribution >= 4 is 29.8 Å². The standard InChI is InChI=1S/C33H52O16/c1-9-10-11-12-13-14-15-39-31-29(43-21(5)37)27(42-20(4)36)25(23(45-31)16-40-18(2)34)47-32-30(44-22(6)38)28-26(48-33(7,8)49-28)24(46-32)17-41-19(3)35/h23-32H,9-17H2,1-8H3/t23-,24-,25-,26+,27+,28+,29-,30-,31-,32+/m1/s1. The number of rotatable bonds is 17. The van der Waals surface area contributed by atoms with Crippen molar-refractivity contribution < 1.29 is 76.1 Å². The van der Waals surface area contributed by atoms with Crippen LogP contribution in [0, 0.1) is 0 Å². The summed E-state index contributed by atoms with van der Waals surface area (Å²) in [6, 6.07) is 0. The second-order valence-corrected chi connectivity index (χ2v) is 12.7. The lowest BCUT2D eigenvalue weighted by Crippen LogP contribution is -2.66. The quantitative estimate of drug-likeness (QED) is 0.122. The molecule has 3 rings (SSSR count). The normalized spacial score (nSPS) is 32.0. The van der Waals surface area contributed by atoms with E-state index in [1.54, 1.807) is 13.8 Å². The third kappa shape index (κ3) is 12.4. The fourth-order valence-corrected chi connectivity index (χ4v) is 5.99. The molecule has 0 spiro atoms. The van der Waals surface area contributed by atoms with Gasteiger partial charge in [0.1, 0.15) is 43.7 Å². The highest BCUT2D eigenvalue weighted by molar-refractivity contribution is 5.68. The molecule has 0 bridgehead atoms.